The lowest BCUT2D eigenvalue weighted by atomic mass is 9.84. The van der Waals surface area contributed by atoms with Crippen LogP contribution in [0.5, 0.6) is 0 Å². The van der Waals surface area contributed by atoms with E-state index >= 15 is 0 Å². The van der Waals surface area contributed by atoms with E-state index < -0.39 is 0 Å². The van der Waals surface area contributed by atoms with E-state index in [0.29, 0.717) is 19.6 Å². The lowest BCUT2D eigenvalue weighted by Crippen LogP contribution is -2.52. The molecule has 1 fully saturated rings. The summed E-state index contributed by atoms with van der Waals surface area (Å²) < 4.78 is 7.96. The quantitative estimate of drug-likeness (QED) is 0.588. The van der Waals surface area contributed by atoms with Crippen molar-refractivity contribution in [2.75, 3.05) is 19.7 Å². The molecule has 2 aromatic carbocycles. The molecule has 174 valence electrons. The van der Waals surface area contributed by atoms with Gasteiger partial charge in [-0.15, -0.1) is 0 Å². The summed E-state index contributed by atoms with van der Waals surface area (Å²) in [6, 6.07) is 20.4. The van der Waals surface area contributed by atoms with Gasteiger partial charge in [-0.3, -0.25) is 4.79 Å². The molecule has 2 heterocycles. The summed E-state index contributed by atoms with van der Waals surface area (Å²) in [5, 5.41) is 0. The Bertz CT molecular complexity index is 1060. The smallest absolute Gasteiger partial charge is 0.249 e. The Hall–Kier alpha value is -2.96. The Morgan fingerprint density at radius 3 is 2.39 bits per heavy atom. The maximum Gasteiger partial charge on any atom is 0.249 e. The van der Waals surface area contributed by atoms with Crippen molar-refractivity contribution >= 4 is 5.91 Å². The number of ether oxygens (including phenoxy) is 1. The Kier molecular flexibility index (Phi) is 6.96. The van der Waals surface area contributed by atoms with Gasteiger partial charge in [0.25, 0.3) is 0 Å². The highest BCUT2D eigenvalue weighted by atomic mass is 16.5. The lowest BCUT2D eigenvalue weighted by molar-refractivity contribution is -0.156. The molecule has 1 amide bonds. The van der Waals surface area contributed by atoms with Gasteiger partial charge in [-0.25, -0.2) is 4.98 Å². The molecule has 6 heteroatoms. The minimum absolute atomic E-state index is 0.00119. The second-order valence-corrected chi connectivity index (χ2v) is 9.79. The number of benzene rings is 2. The first kappa shape index (κ1) is 23.2. The van der Waals surface area contributed by atoms with Crippen molar-refractivity contribution in [1.82, 2.24) is 14.5 Å². The summed E-state index contributed by atoms with van der Waals surface area (Å²) in [6.07, 6.45) is 2.79. The van der Waals surface area contributed by atoms with Crippen molar-refractivity contribution in [2.24, 2.45) is 11.1 Å². The van der Waals surface area contributed by atoms with Crippen LogP contribution in [0.2, 0.25) is 0 Å². The van der Waals surface area contributed by atoms with Crippen molar-refractivity contribution in [3.8, 4) is 11.3 Å². The summed E-state index contributed by atoms with van der Waals surface area (Å²) >= 11 is 0. The predicted octanol–water partition coefficient (Wildman–Crippen LogP) is 4.26. The monoisotopic (exact) mass is 446 g/mol. The van der Waals surface area contributed by atoms with E-state index in [2.05, 4.69) is 55.8 Å². The number of rotatable bonds is 7. The highest BCUT2D eigenvalue weighted by Gasteiger charge is 2.41. The van der Waals surface area contributed by atoms with E-state index in [1.165, 1.54) is 5.56 Å². The normalized spacial score (nSPS) is 17.9. The van der Waals surface area contributed by atoms with Gasteiger partial charge in [-0.2, -0.15) is 0 Å². The van der Waals surface area contributed by atoms with Crippen LogP contribution >= 0.6 is 0 Å². The highest BCUT2D eigenvalue weighted by Crippen LogP contribution is 2.40. The molecular weight excluding hydrogens is 412 g/mol. The van der Waals surface area contributed by atoms with Gasteiger partial charge in [-0.1, -0.05) is 81.4 Å². The zero-order valence-electron chi connectivity index (χ0n) is 19.8. The van der Waals surface area contributed by atoms with Crippen LogP contribution in [0.4, 0.5) is 0 Å². The molecule has 2 N–H and O–H groups in total. The van der Waals surface area contributed by atoms with E-state index in [1.807, 2.05) is 41.3 Å². The summed E-state index contributed by atoms with van der Waals surface area (Å²) in [6.45, 7) is 8.34. The van der Waals surface area contributed by atoms with Crippen molar-refractivity contribution < 1.29 is 9.53 Å². The maximum atomic E-state index is 13.1. The number of hydrogen-bond donors (Lipinski definition) is 1. The van der Waals surface area contributed by atoms with E-state index in [-0.39, 0.29) is 30.1 Å². The first-order chi connectivity index (χ1) is 15.9. The molecular formula is C27H34N4O2. The zero-order valence-corrected chi connectivity index (χ0v) is 19.8. The van der Waals surface area contributed by atoms with Crippen LogP contribution in [0.1, 0.15) is 44.6 Å². The van der Waals surface area contributed by atoms with Crippen LogP contribution in [-0.2, 0) is 16.1 Å². The molecule has 0 spiro atoms. The van der Waals surface area contributed by atoms with E-state index in [4.69, 9.17) is 15.5 Å². The molecule has 6 nitrogen and oxygen atoms in total. The third-order valence-corrected chi connectivity index (χ3v) is 6.10. The van der Waals surface area contributed by atoms with Crippen LogP contribution in [-0.4, -0.2) is 46.2 Å². The number of nitrogens with two attached hydrogens (primary N) is 1. The van der Waals surface area contributed by atoms with Crippen molar-refractivity contribution in [1.29, 1.82) is 0 Å². The average molecular weight is 447 g/mol. The number of carbonyl (C=O) groups excluding carboxylic acids is 1. The van der Waals surface area contributed by atoms with Crippen LogP contribution in [0.25, 0.3) is 11.3 Å². The van der Waals surface area contributed by atoms with Crippen LogP contribution in [0, 0.1) is 5.41 Å². The summed E-state index contributed by atoms with van der Waals surface area (Å²) in [4.78, 5) is 20.2. The van der Waals surface area contributed by atoms with Gasteiger partial charge in [0.2, 0.25) is 5.91 Å². The molecule has 3 aromatic rings. The van der Waals surface area contributed by atoms with Gasteiger partial charge in [-0.05, 0) is 23.9 Å². The Morgan fingerprint density at radius 1 is 1.09 bits per heavy atom. The second kappa shape index (κ2) is 9.89. The highest BCUT2D eigenvalue weighted by molar-refractivity contribution is 5.78. The average Bonchev–Trinajstić information content (AvgIpc) is 3.19. The van der Waals surface area contributed by atoms with Gasteiger partial charge >= 0.3 is 0 Å². The van der Waals surface area contributed by atoms with Gasteiger partial charge in [0.1, 0.15) is 12.4 Å². The summed E-state index contributed by atoms with van der Waals surface area (Å²) in [7, 11) is 0. The molecule has 1 saturated heterocycles. The zero-order chi connectivity index (χ0) is 23.4. The van der Waals surface area contributed by atoms with Gasteiger partial charge < -0.3 is 19.9 Å². The summed E-state index contributed by atoms with van der Waals surface area (Å²) in [5.41, 5.74) is 8.73. The van der Waals surface area contributed by atoms with Gasteiger partial charge in [0.15, 0.2) is 0 Å². The molecule has 33 heavy (non-hydrogen) atoms. The SMILES string of the molecule is CC(C)(C)[C@H](c1nc(-c2ccccc2)cn1Cc1ccccc1)N1C[C@@H](CCN)OCC1=O. The fraction of sp³-hybridized carbons (Fsp3) is 0.407. The summed E-state index contributed by atoms with van der Waals surface area (Å²) in [5.74, 6) is 0.894. The van der Waals surface area contributed by atoms with Gasteiger partial charge in [0, 0.05) is 24.8 Å². The topological polar surface area (TPSA) is 73.4 Å². The van der Waals surface area contributed by atoms with Crippen molar-refractivity contribution in [3.63, 3.8) is 0 Å². The number of aromatic nitrogens is 2. The molecule has 0 aliphatic carbocycles. The maximum absolute atomic E-state index is 13.1. The fourth-order valence-electron chi connectivity index (χ4n) is 4.55. The van der Waals surface area contributed by atoms with Crippen LogP contribution in [0.3, 0.4) is 0 Å². The number of amides is 1. The predicted molar refractivity (Wildman–Crippen MR) is 131 cm³/mol. The van der Waals surface area contributed by atoms with Crippen LogP contribution in [0.15, 0.2) is 66.9 Å². The first-order valence-corrected chi connectivity index (χ1v) is 11.6. The van der Waals surface area contributed by atoms with E-state index in [1.54, 1.807) is 0 Å². The molecule has 1 aromatic heterocycles. The van der Waals surface area contributed by atoms with Gasteiger partial charge in [0.05, 0.1) is 17.8 Å². The molecule has 1 aliphatic heterocycles. The number of nitrogens with zero attached hydrogens (tertiary/aromatic N) is 3. The number of hydrogen-bond acceptors (Lipinski definition) is 4. The number of carbonyl (C=O) groups is 1. The lowest BCUT2D eigenvalue weighted by Gasteiger charge is -2.43. The largest absolute Gasteiger partial charge is 0.367 e. The number of imidazole rings is 1. The molecule has 0 saturated carbocycles. The minimum atomic E-state index is -0.228. The second-order valence-electron chi connectivity index (χ2n) is 9.79. The molecule has 1 aliphatic rings. The Balaban J connectivity index is 1.79. The van der Waals surface area contributed by atoms with Crippen molar-refractivity contribution in [2.45, 2.75) is 45.9 Å². The first-order valence-electron chi connectivity index (χ1n) is 11.6. The van der Waals surface area contributed by atoms with E-state index in [9.17, 15) is 4.79 Å². The molecule has 4 rings (SSSR count). The Labute approximate surface area is 196 Å². The molecule has 2 atom stereocenters. The molecule has 0 unspecified atom stereocenters. The van der Waals surface area contributed by atoms with Crippen LogP contribution < -0.4 is 5.73 Å². The third-order valence-electron chi connectivity index (χ3n) is 6.10. The third kappa shape index (κ3) is 5.34. The fourth-order valence-corrected chi connectivity index (χ4v) is 4.55. The number of morpholine rings is 1. The standard InChI is InChI=1S/C27H34N4O2/c1-27(2,3)25(31-17-22(14-15-28)33-19-24(31)32)26-29-23(21-12-8-5-9-13-21)18-30(26)16-20-10-6-4-7-11-20/h4-13,18,22,25H,14-17,19,28H2,1-3H3/t22-,25+/m1/s1. The van der Waals surface area contributed by atoms with Crippen molar-refractivity contribution in [3.05, 3.63) is 78.2 Å². The minimum Gasteiger partial charge on any atom is -0.367 e. The Morgan fingerprint density at radius 2 is 1.76 bits per heavy atom. The molecule has 0 radical (unpaired) electrons. The van der Waals surface area contributed by atoms with E-state index in [0.717, 1.165) is 23.5 Å². The molecule has 0 bridgehead atoms.